The first-order valence-corrected chi connectivity index (χ1v) is 5.51. The van der Waals surface area contributed by atoms with Crippen molar-refractivity contribution in [3.63, 3.8) is 0 Å². The summed E-state index contributed by atoms with van der Waals surface area (Å²) < 4.78 is 1.66. The number of nitrogens with zero attached hydrogens (tertiary/aromatic N) is 5. The van der Waals surface area contributed by atoms with Gasteiger partial charge in [0, 0.05) is 19.6 Å². The molecule has 1 unspecified atom stereocenters. The first-order valence-electron chi connectivity index (χ1n) is 5.51. The zero-order chi connectivity index (χ0) is 10.7. The summed E-state index contributed by atoms with van der Waals surface area (Å²) in [5, 5.41) is 14.6. The van der Waals surface area contributed by atoms with Gasteiger partial charge in [-0.3, -0.25) is 4.90 Å². The van der Waals surface area contributed by atoms with Crippen molar-refractivity contribution >= 4 is 5.95 Å². The van der Waals surface area contributed by atoms with Gasteiger partial charge >= 0.3 is 0 Å². The predicted molar refractivity (Wildman–Crippen MR) is 57.6 cm³/mol. The lowest BCUT2D eigenvalue weighted by Crippen LogP contribution is -2.35. The summed E-state index contributed by atoms with van der Waals surface area (Å²) in [6, 6.07) is 0.631. The number of likely N-dealkylation sites (tertiary alicyclic amines) is 1. The van der Waals surface area contributed by atoms with E-state index in [2.05, 4.69) is 32.7 Å². The molecule has 6 nitrogen and oxygen atoms in total. The molecule has 1 atom stereocenters. The molecule has 1 aromatic heterocycles. The third kappa shape index (κ3) is 2.26. The van der Waals surface area contributed by atoms with Crippen LogP contribution in [-0.2, 0) is 7.05 Å². The maximum Gasteiger partial charge on any atom is 0.242 e. The Kier molecular flexibility index (Phi) is 3.15. The molecule has 0 radical (unpaired) electrons. The lowest BCUT2D eigenvalue weighted by Gasteiger charge is -2.22. The Labute approximate surface area is 89.6 Å². The topological polar surface area (TPSA) is 58.9 Å². The molecule has 0 amide bonds. The van der Waals surface area contributed by atoms with Gasteiger partial charge < -0.3 is 5.32 Å². The third-order valence-electron chi connectivity index (χ3n) is 3.02. The number of aryl methyl sites for hydroxylation is 1. The van der Waals surface area contributed by atoms with E-state index >= 15 is 0 Å². The minimum absolute atomic E-state index is 0.631. The van der Waals surface area contributed by atoms with Gasteiger partial charge in [-0.1, -0.05) is 12.0 Å². The number of likely N-dealkylation sites (N-methyl/N-ethyl adjacent to an activating group) is 1. The van der Waals surface area contributed by atoms with Crippen molar-refractivity contribution in [3.8, 4) is 0 Å². The van der Waals surface area contributed by atoms with Crippen LogP contribution in [-0.4, -0.2) is 50.8 Å². The van der Waals surface area contributed by atoms with Gasteiger partial charge in [0.05, 0.1) is 0 Å². The average Bonchev–Trinajstić information content (AvgIpc) is 2.83. The van der Waals surface area contributed by atoms with Gasteiger partial charge in [0.1, 0.15) is 0 Å². The molecule has 15 heavy (non-hydrogen) atoms. The second-order valence-electron chi connectivity index (χ2n) is 3.93. The van der Waals surface area contributed by atoms with Crippen molar-refractivity contribution < 1.29 is 0 Å². The van der Waals surface area contributed by atoms with E-state index in [4.69, 9.17) is 0 Å². The summed E-state index contributed by atoms with van der Waals surface area (Å²) in [6.45, 7) is 5.49. The molecule has 1 aliphatic rings. The number of anilines is 1. The first kappa shape index (κ1) is 10.4. The molecular formula is C9H18N6. The molecule has 0 aliphatic carbocycles. The van der Waals surface area contributed by atoms with Crippen LogP contribution in [0, 0.1) is 0 Å². The highest BCUT2D eigenvalue weighted by Crippen LogP contribution is 2.16. The van der Waals surface area contributed by atoms with E-state index in [0.717, 1.165) is 19.0 Å². The normalized spacial score (nSPS) is 22.1. The van der Waals surface area contributed by atoms with E-state index in [9.17, 15) is 0 Å². The van der Waals surface area contributed by atoms with E-state index in [1.165, 1.54) is 19.4 Å². The second kappa shape index (κ2) is 4.57. The molecule has 0 aromatic carbocycles. The van der Waals surface area contributed by atoms with Crippen LogP contribution in [0.5, 0.6) is 0 Å². The zero-order valence-corrected chi connectivity index (χ0v) is 9.35. The molecule has 84 valence electrons. The van der Waals surface area contributed by atoms with Crippen molar-refractivity contribution in [1.29, 1.82) is 0 Å². The van der Waals surface area contributed by atoms with Crippen LogP contribution in [0.1, 0.15) is 19.8 Å². The van der Waals surface area contributed by atoms with E-state index < -0.39 is 0 Å². The van der Waals surface area contributed by atoms with Crippen molar-refractivity contribution in [3.05, 3.63) is 0 Å². The van der Waals surface area contributed by atoms with Crippen molar-refractivity contribution in [1.82, 2.24) is 25.1 Å². The Hall–Kier alpha value is -1.17. The van der Waals surface area contributed by atoms with E-state index in [1.54, 1.807) is 4.68 Å². The maximum atomic E-state index is 3.90. The number of hydrogen-bond donors (Lipinski definition) is 1. The Balaban J connectivity index is 1.85. The lowest BCUT2D eigenvalue weighted by molar-refractivity contribution is 0.276. The standard InChI is InChI=1S/C9H18N6/c1-3-15-6-4-5-8(15)7-10-9-11-12-13-14(9)2/h8H,3-7H2,1-2H3,(H,10,11,13). The van der Waals surface area contributed by atoms with E-state index in [1.807, 2.05) is 7.05 Å². The maximum absolute atomic E-state index is 3.90. The second-order valence-corrected chi connectivity index (χ2v) is 3.93. The predicted octanol–water partition coefficient (Wildman–Crippen LogP) is 0.106. The molecule has 0 saturated carbocycles. The van der Waals surface area contributed by atoms with Crippen LogP contribution in [0.3, 0.4) is 0 Å². The van der Waals surface area contributed by atoms with Gasteiger partial charge in [0.25, 0.3) is 0 Å². The number of nitrogens with one attached hydrogen (secondary N) is 1. The largest absolute Gasteiger partial charge is 0.352 e. The van der Waals surface area contributed by atoms with Crippen LogP contribution in [0.2, 0.25) is 0 Å². The molecule has 1 fully saturated rings. The summed E-state index contributed by atoms with van der Waals surface area (Å²) in [5.74, 6) is 0.748. The zero-order valence-electron chi connectivity index (χ0n) is 9.35. The molecule has 2 rings (SSSR count). The Bertz CT molecular complexity index is 309. The molecule has 6 heteroatoms. The number of aromatic nitrogens is 4. The Morgan fingerprint density at radius 3 is 3.07 bits per heavy atom. The molecule has 2 heterocycles. The minimum Gasteiger partial charge on any atom is -0.352 e. The number of tetrazole rings is 1. The van der Waals surface area contributed by atoms with Crippen molar-refractivity contribution in [2.75, 3.05) is 25.0 Å². The monoisotopic (exact) mass is 210 g/mol. The summed E-state index contributed by atoms with van der Waals surface area (Å²) in [6.07, 6.45) is 2.57. The van der Waals surface area contributed by atoms with Gasteiger partial charge in [-0.15, -0.1) is 0 Å². The summed E-state index contributed by atoms with van der Waals surface area (Å²) in [5.41, 5.74) is 0. The van der Waals surface area contributed by atoms with Crippen LogP contribution < -0.4 is 5.32 Å². The number of rotatable bonds is 4. The highest BCUT2D eigenvalue weighted by Gasteiger charge is 2.22. The smallest absolute Gasteiger partial charge is 0.242 e. The summed E-state index contributed by atoms with van der Waals surface area (Å²) >= 11 is 0. The first-order chi connectivity index (χ1) is 7.31. The molecule has 1 aromatic rings. The Morgan fingerprint density at radius 2 is 2.40 bits per heavy atom. The summed E-state index contributed by atoms with van der Waals surface area (Å²) in [7, 11) is 1.84. The van der Waals surface area contributed by atoms with Gasteiger partial charge in [0.2, 0.25) is 5.95 Å². The van der Waals surface area contributed by atoms with Crippen molar-refractivity contribution in [2.24, 2.45) is 7.05 Å². The number of hydrogen-bond acceptors (Lipinski definition) is 5. The molecule has 1 N–H and O–H groups in total. The molecule has 1 aliphatic heterocycles. The van der Waals surface area contributed by atoms with E-state index in [-0.39, 0.29) is 0 Å². The van der Waals surface area contributed by atoms with Gasteiger partial charge in [-0.2, -0.15) is 0 Å². The third-order valence-corrected chi connectivity index (χ3v) is 3.02. The molecule has 0 spiro atoms. The van der Waals surface area contributed by atoms with Crippen LogP contribution >= 0.6 is 0 Å². The fourth-order valence-corrected chi connectivity index (χ4v) is 2.13. The van der Waals surface area contributed by atoms with Crippen LogP contribution in [0.15, 0.2) is 0 Å². The quantitative estimate of drug-likeness (QED) is 0.764. The summed E-state index contributed by atoms with van der Waals surface area (Å²) in [4.78, 5) is 2.50. The van der Waals surface area contributed by atoms with Gasteiger partial charge in [0.15, 0.2) is 0 Å². The Morgan fingerprint density at radius 1 is 1.53 bits per heavy atom. The van der Waals surface area contributed by atoms with Crippen LogP contribution in [0.25, 0.3) is 0 Å². The fraction of sp³-hybridized carbons (Fsp3) is 0.889. The van der Waals surface area contributed by atoms with Gasteiger partial charge in [-0.25, -0.2) is 4.68 Å². The van der Waals surface area contributed by atoms with Crippen LogP contribution in [0.4, 0.5) is 5.95 Å². The highest BCUT2D eigenvalue weighted by molar-refractivity contribution is 5.21. The highest BCUT2D eigenvalue weighted by atomic mass is 15.6. The molecular weight excluding hydrogens is 192 g/mol. The van der Waals surface area contributed by atoms with Crippen molar-refractivity contribution in [2.45, 2.75) is 25.8 Å². The SMILES string of the molecule is CCN1CCCC1CNc1nnnn1C. The fourth-order valence-electron chi connectivity index (χ4n) is 2.13. The minimum atomic E-state index is 0.631. The average molecular weight is 210 g/mol. The lowest BCUT2D eigenvalue weighted by atomic mass is 10.2. The van der Waals surface area contributed by atoms with Gasteiger partial charge in [-0.05, 0) is 36.4 Å². The molecule has 1 saturated heterocycles. The van der Waals surface area contributed by atoms with E-state index in [0.29, 0.717) is 6.04 Å². The molecule has 0 bridgehead atoms.